The molecular weight excluding hydrogens is 378 g/mol. The Bertz CT molecular complexity index is 803. The molecule has 6 nitrogen and oxygen atoms in total. The predicted molar refractivity (Wildman–Crippen MR) is 119 cm³/mol. The molecule has 1 aromatic carbocycles. The number of nitrogens with zero attached hydrogens (tertiary/aromatic N) is 2. The monoisotopic (exact) mass is 413 g/mol. The molecule has 2 saturated heterocycles. The Labute approximate surface area is 179 Å². The van der Waals surface area contributed by atoms with Gasteiger partial charge >= 0.3 is 0 Å². The second-order valence-corrected chi connectivity index (χ2v) is 9.42. The number of piperidine rings is 1. The lowest BCUT2D eigenvalue weighted by Gasteiger charge is -2.42. The van der Waals surface area contributed by atoms with Crippen LogP contribution in [0.2, 0.25) is 0 Å². The first-order valence-electron chi connectivity index (χ1n) is 11.6. The summed E-state index contributed by atoms with van der Waals surface area (Å²) >= 11 is 0. The van der Waals surface area contributed by atoms with E-state index in [9.17, 15) is 14.7 Å². The highest BCUT2D eigenvalue weighted by Gasteiger charge is 2.50. The van der Waals surface area contributed by atoms with E-state index in [1.807, 2.05) is 19.1 Å². The van der Waals surface area contributed by atoms with Crippen LogP contribution in [0.4, 0.5) is 11.4 Å². The summed E-state index contributed by atoms with van der Waals surface area (Å²) in [5, 5.41) is 12.7. The van der Waals surface area contributed by atoms with Crippen molar-refractivity contribution in [3.63, 3.8) is 0 Å². The molecule has 4 rings (SSSR count). The molecule has 2 amide bonds. The van der Waals surface area contributed by atoms with Crippen molar-refractivity contribution < 1.29 is 14.7 Å². The third kappa shape index (κ3) is 4.07. The molecule has 2 aliphatic heterocycles. The van der Waals surface area contributed by atoms with E-state index in [2.05, 4.69) is 28.1 Å². The Morgan fingerprint density at radius 3 is 2.67 bits per heavy atom. The number of amides is 2. The van der Waals surface area contributed by atoms with Crippen molar-refractivity contribution in [3.8, 4) is 0 Å². The number of anilines is 2. The third-order valence-electron chi connectivity index (χ3n) is 7.37. The van der Waals surface area contributed by atoms with Crippen molar-refractivity contribution in [1.29, 1.82) is 0 Å². The van der Waals surface area contributed by atoms with Crippen molar-refractivity contribution in [3.05, 3.63) is 23.8 Å². The molecule has 30 heavy (non-hydrogen) atoms. The SMILES string of the molecule is CCC(=O)Nc1ccc(N2CCC[C@]3(CCN(C4CCC(O)CC4)C3=O)C2)c(C)c1. The fraction of sp³-hybridized carbons (Fsp3) is 0.667. The maximum Gasteiger partial charge on any atom is 0.230 e. The van der Waals surface area contributed by atoms with Gasteiger partial charge in [0.1, 0.15) is 0 Å². The average molecular weight is 414 g/mol. The van der Waals surface area contributed by atoms with Gasteiger partial charge in [-0.05, 0) is 75.6 Å². The highest BCUT2D eigenvalue weighted by molar-refractivity contribution is 5.91. The van der Waals surface area contributed by atoms with Gasteiger partial charge < -0.3 is 20.2 Å². The summed E-state index contributed by atoms with van der Waals surface area (Å²) in [6.07, 6.45) is 6.69. The zero-order chi connectivity index (χ0) is 21.3. The Kier molecular flexibility index (Phi) is 6.05. The molecule has 0 bridgehead atoms. The van der Waals surface area contributed by atoms with Gasteiger partial charge in [-0.3, -0.25) is 9.59 Å². The van der Waals surface area contributed by atoms with Crippen molar-refractivity contribution in [1.82, 2.24) is 4.90 Å². The molecule has 1 aromatic rings. The minimum absolute atomic E-state index is 0.0194. The van der Waals surface area contributed by atoms with Gasteiger partial charge in [0.25, 0.3) is 0 Å². The van der Waals surface area contributed by atoms with E-state index in [1.54, 1.807) is 0 Å². The number of benzene rings is 1. The number of aliphatic hydroxyl groups is 1. The van der Waals surface area contributed by atoms with Gasteiger partial charge in [0.05, 0.1) is 11.5 Å². The number of aliphatic hydroxyl groups excluding tert-OH is 1. The first kappa shape index (κ1) is 21.2. The molecule has 1 atom stereocenters. The fourth-order valence-electron chi connectivity index (χ4n) is 5.62. The van der Waals surface area contributed by atoms with E-state index >= 15 is 0 Å². The molecule has 0 unspecified atom stereocenters. The number of nitrogens with one attached hydrogen (secondary N) is 1. The quantitative estimate of drug-likeness (QED) is 0.793. The van der Waals surface area contributed by atoms with Gasteiger partial charge in [-0.25, -0.2) is 0 Å². The highest BCUT2D eigenvalue weighted by atomic mass is 16.3. The van der Waals surface area contributed by atoms with Gasteiger partial charge in [0.15, 0.2) is 0 Å². The van der Waals surface area contributed by atoms with Crippen LogP contribution in [0.25, 0.3) is 0 Å². The van der Waals surface area contributed by atoms with Crippen molar-refractivity contribution in [2.24, 2.45) is 5.41 Å². The van der Waals surface area contributed by atoms with Crippen LogP contribution in [-0.2, 0) is 9.59 Å². The Morgan fingerprint density at radius 1 is 1.20 bits per heavy atom. The second-order valence-electron chi connectivity index (χ2n) is 9.42. The normalized spacial score (nSPS) is 29.5. The van der Waals surface area contributed by atoms with Crippen LogP contribution in [0.1, 0.15) is 63.9 Å². The average Bonchev–Trinajstić information content (AvgIpc) is 3.04. The molecule has 0 aromatic heterocycles. The van der Waals surface area contributed by atoms with E-state index in [-0.39, 0.29) is 17.4 Å². The molecule has 3 aliphatic rings. The Hall–Kier alpha value is -2.08. The summed E-state index contributed by atoms with van der Waals surface area (Å²) in [7, 11) is 0. The van der Waals surface area contributed by atoms with Crippen LogP contribution in [0.15, 0.2) is 18.2 Å². The standard InChI is InChI=1S/C24H35N3O3/c1-3-22(29)25-18-5-10-21(17(2)15-18)26-13-4-11-24(16-26)12-14-27(23(24)30)19-6-8-20(28)9-7-19/h5,10,15,19-20,28H,3-4,6-9,11-14,16H2,1-2H3,(H,25,29)/t19?,20?,24-/m0/s1. The van der Waals surface area contributed by atoms with Crippen LogP contribution in [0.3, 0.4) is 0 Å². The Balaban J connectivity index is 1.47. The predicted octanol–water partition coefficient (Wildman–Crippen LogP) is 3.47. The lowest BCUT2D eigenvalue weighted by molar-refractivity contribution is -0.139. The molecule has 6 heteroatoms. The molecule has 164 valence electrons. The largest absolute Gasteiger partial charge is 0.393 e. The molecule has 1 aliphatic carbocycles. The lowest BCUT2D eigenvalue weighted by atomic mass is 9.78. The summed E-state index contributed by atoms with van der Waals surface area (Å²) in [4.78, 5) is 29.7. The number of carbonyl (C=O) groups is 2. The van der Waals surface area contributed by atoms with Crippen LogP contribution in [0, 0.1) is 12.3 Å². The summed E-state index contributed by atoms with van der Waals surface area (Å²) < 4.78 is 0. The number of hydrogen-bond acceptors (Lipinski definition) is 4. The number of aryl methyl sites for hydroxylation is 1. The first-order chi connectivity index (χ1) is 14.4. The Morgan fingerprint density at radius 2 is 1.97 bits per heavy atom. The fourth-order valence-corrected chi connectivity index (χ4v) is 5.62. The molecule has 1 saturated carbocycles. The maximum atomic E-state index is 13.5. The molecule has 3 fully saturated rings. The molecular formula is C24H35N3O3. The molecule has 2 heterocycles. The number of rotatable bonds is 4. The minimum Gasteiger partial charge on any atom is -0.393 e. The maximum absolute atomic E-state index is 13.5. The van der Waals surface area contributed by atoms with Gasteiger partial charge in [-0.2, -0.15) is 0 Å². The van der Waals surface area contributed by atoms with E-state index in [0.717, 1.165) is 81.5 Å². The molecule has 2 N–H and O–H groups in total. The van der Waals surface area contributed by atoms with Crippen LogP contribution in [0.5, 0.6) is 0 Å². The molecule has 1 spiro atoms. The third-order valence-corrected chi connectivity index (χ3v) is 7.37. The van der Waals surface area contributed by atoms with E-state index in [4.69, 9.17) is 0 Å². The van der Waals surface area contributed by atoms with E-state index in [0.29, 0.717) is 18.4 Å². The topological polar surface area (TPSA) is 72.9 Å². The van der Waals surface area contributed by atoms with Gasteiger partial charge in [-0.1, -0.05) is 6.92 Å². The van der Waals surface area contributed by atoms with Gasteiger partial charge in [0, 0.05) is 43.5 Å². The van der Waals surface area contributed by atoms with E-state index < -0.39 is 0 Å². The number of hydrogen-bond donors (Lipinski definition) is 2. The summed E-state index contributed by atoms with van der Waals surface area (Å²) in [5.41, 5.74) is 2.85. The molecule has 0 radical (unpaired) electrons. The van der Waals surface area contributed by atoms with Crippen LogP contribution < -0.4 is 10.2 Å². The van der Waals surface area contributed by atoms with Crippen LogP contribution in [-0.4, -0.2) is 53.6 Å². The van der Waals surface area contributed by atoms with Crippen molar-refractivity contribution in [2.45, 2.75) is 77.4 Å². The van der Waals surface area contributed by atoms with Crippen molar-refractivity contribution in [2.75, 3.05) is 29.9 Å². The highest BCUT2D eigenvalue weighted by Crippen LogP contribution is 2.44. The first-order valence-corrected chi connectivity index (χ1v) is 11.6. The number of likely N-dealkylation sites (tertiary alicyclic amines) is 1. The van der Waals surface area contributed by atoms with E-state index in [1.165, 1.54) is 0 Å². The summed E-state index contributed by atoms with van der Waals surface area (Å²) in [6.45, 7) is 6.52. The number of carbonyl (C=O) groups excluding carboxylic acids is 2. The van der Waals surface area contributed by atoms with Crippen molar-refractivity contribution >= 4 is 23.2 Å². The summed E-state index contributed by atoms with van der Waals surface area (Å²) in [5.74, 6) is 0.351. The second kappa shape index (κ2) is 8.58. The zero-order valence-electron chi connectivity index (χ0n) is 18.3. The smallest absolute Gasteiger partial charge is 0.230 e. The minimum atomic E-state index is -0.268. The van der Waals surface area contributed by atoms with Gasteiger partial charge in [-0.15, -0.1) is 0 Å². The summed E-state index contributed by atoms with van der Waals surface area (Å²) in [6, 6.07) is 6.38. The van der Waals surface area contributed by atoms with Crippen LogP contribution >= 0.6 is 0 Å². The lowest BCUT2D eigenvalue weighted by Crippen LogP contribution is -2.50. The zero-order valence-corrected chi connectivity index (χ0v) is 18.3. The van der Waals surface area contributed by atoms with Gasteiger partial charge in [0.2, 0.25) is 11.8 Å².